The molecule has 0 saturated carbocycles. The van der Waals surface area contributed by atoms with Gasteiger partial charge in [0.25, 0.3) is 5.91 Å². The Morgan fingerprint density at radius 3 is 2.44 bits per heavy atom. The van der Waals surface area contributed by atoms with Crippen LogP contribution in [-0.4, -0.2) is 48.1 Å². The second-order valence-corrected chi connectivity index (χ2v) is 6.62. The van der Waals surface area contributed by atoms with Crippen LogP contribution in [-0.2, 0) is 6.54 Å². The Morgan fingerprint density at radius 2 is 1.85 bits per heavy atom. The molecule has 8 heteroatoms. The van der Waals surface area contributed by atoms with Crippen LogP contribution in [0.4, 0.5) is 10.5 Å². The molecule has 0 atom stereocenters. The lowest BCUT2D eigenvalue weighted by atomic mass is 10.1. The lowest BCUT2D eigenvalue weighted by Crippen LogP contribution is -2.29. The predicted molar refractivity (Wildman–Crippen MR) is 101 cm³/mol. The highest BCUT2D eigenvalue weighted by Crippen LogP contribution is 2.28. The van der Waals surface area contributed by atoms with Crippen LogP contribution in [0.3, 0.4) is 0 Å². The number of carbonyl (C=O) groups is 3. The summed E-state index contributed by atoms with van der Waals surface area (Å²) in [5.41, 5.74) is 1.92. The molecule has 1 aliphatic rings. The molecule has 0 spiro atoms. The highest BCUT2D eigenvalue weighted by atomic mass is 35.5. The Bertz CT molecular complexity index is 898. The summed E-state index contributed by atoms with van der Waals surface area (Å²) in [6.45, 7) is 1.34. The van der Waals surface area contributed by atoms with Crippen molar-refractivity contribution >= 4 is 35.2 Å². The lowest BCUT2D eigenvalue weighted by molar-refractivity contribution is 0.0695. The van der Waals surface area contributed by atoms with E-state index in [-0.39, 0.29) is 17.5 Å². The predicted octanol–water partition coefficient (Wildman–Crippen LogP) is 2.84. The second-order valence-electron chi connectivity index (χ2n) is 6.21. The van der Waals surface area contributed by atoms with Gasteiger partial charge in [-0.2, -0.15) is 0 Å². The Hall–Kier alpha value is -3.06. The van der Waals surface area contributed by atoms with Crippen molar-refractivity contribution in [3.63, 3.8) is 0 Å². The average Bonchev–Trinajstić information content (AvgIpc) is 3.07. The van der Waals surface area contributed by atoms with Crippen LogP contribution in [0.5, 0.6) is 0 Å². The van der Waals surface area contributed by atoms with E-state index in [9.17, 15) is 14.4 Å². The molecular weight excluding hydrogens is 370 g/mol. The Morgan fingerprint density at radius 1 is 1.19 bits per heavy atom. The molecule has 7 nitrogen and oxygen atoms in total. The monoisotopic (exact) mass is 387 g/mol. The van der Waals surface area contributed by atoms with E-state index >= 15 is 0 Å². The number of hydrogen-bond acceptors (Lipinski definition) is 3. The van der Waals surface area contributed by atoms with E-state index in [1.165, 1.54) is 21.9 Å². The number of carbonyl (C=O) groups excluding carboxylic acids is 2. The zero-order chi connectivity index (χ0) is 19.6. The van der Waals surface area contributed by atoms with Crippen molar-refractivity contribution < 1.29 is 19.5 Å². The number of hydrogen-bond donors (Lipinski definition) is 2. The zero-order valence-electron chi connectivity index (χ0n) is 14.6. The molecular formula is C19H18ClN3O4. The van der Waals surface area contributed by atoms with Crippen LogP contribution in [0.25, 0.3) is 0 Å². The molecule has 1 heterocycles. The number of aromatic carboxylic acids is 1. The molecule has 1 aliphatic heterocycles. The first-order chi connectivity index (χ1) is 12.9. The molecule has 2 N–H and O–H groups in total. The molecule has 2 aromatic carbocycles. The van der Waals surface area contributed by atoms with Crippen LogP contribution < -0.4 is 10.2 Å². The largest absolute Gasteiger partial charge is 0.478 e. The molecule has 0 bridgehead atoms. The number of amides is 3. The highest BCUT2D eigenvalue weighted by Gasteiger charge is 2.24. The summed E-state index contributed by atoms with van der Waals surface area (Å²) in [6, 6.07) is 10.9. The van der Waals surface area contributed by atoms with Gasteiger partial charge in [0.1, 0.15) is 0 Å². The molecule has 1 fully saturated rings. The fourth-order valence-electron chi connectivity index (χ4n) is 2.87. The van der Waals surface area contributed by atoms with Gasteiger partial charge >= 0.3 is 12.0 Å². The Kier molecular flexibility index (Phi) is 5.32. The number of nitrogens with one attached hydrogen (secondary N) is 1. The van der Waals surface area contributed by atoms with Gasteiger partial charge in [0.05, 0.1) is 16.3 Å². The maximum atomic E-state index is 12.8. The summed E-state index contributed by atoms with van der Waals surface area (Å²) in [4.78, 5) is 38.6. The molecule has 0 unspecified atom stereocenters. The summed E-state index contributed by atoms with van der Waals surface area (Å²) >= 11 is 6.20. The molecule has 0 radical (unpaired) electrons. The molecule has 1 saturated heterocycles. The van der Waals surface area contributed by atoms with Crippen LogP contribution in [0.1, 0.15) is 26.3 Å². The van der Waals surface area contributed by atoms with Crippen molar-refractivity contribution in [3.05, 3.63) is 64.2 Å². The van der Waals surface area contributed by atoms with Gasteiger partial charge in [-0.05, 0) is 35.9 Å². The van der Waals surface area contributed by atoms with E-state index in [0.717, 1.165) is 5.56 Å². The smallest absolute Gasteiger partial charge is 0.335 e. The van der Waals surface area contributed by atoms with E-state index in [0.29, 0.717) is 35.9 Å². The van der Waals surface area contributed by atoms with Gasteiger partial charge < -0.3 is 15.3 Å². The third kappa shape index (κ3) is 4.03. The maximum absolute atomic E-state index is 12.8. The molecule has 3 amide bonds. The minimum absolute atomic E-state index is 0.193. The first kappa shape index (κ1) is 18.7. The number of benzene rings is 2. The summed E-state index contributed by atoms with van der Waals surface area (Å²) in [5, 5.41) is 12.0. The van der Waals surface area contributed by atoms with E-state index in [1.54, 1.807) is 37.4 Å². The average molecular weight is 388 g/mol. The molecule has 2 aromatic rings. The normalized spacial score (nSPS) is 13.4. The Balaban J connectivity index is 1.76. The number of carboxylic acids is 1. The first-order valence-corrected chi connectivity index (χ1v) is 8.67. The summed E-state index contributed by atoms with van der Waals surface area (Å²) in [6.07, 6.45) is 0. The summed E-state index contributed by atoms with van der Waals surface area (Å²) in [5.74, 6) is -1.22. The zero-order valence-corrected chi connectivity index (χ0v) is 15.4. The van der Waals surface area contributed by atoms with Gasteiger partial charge in [0.2, 0.25) is 0 Å². The topological polar surface area (TPSA) is 90.0 Å². The fourth-order valence-corrected chi connectivity index (χ4v) is 3.09. The van der Waals surface area contributed by atoms with E-state index in [1.807, 2.05) is 0 Å². The number of halogens is 1. The van der Waals surface area contributed by atoms with E-state index < -0.39 is 5.97 Å². The molecule has 0 aromatic heterocycles. The number of nitrogens with zero attached hydrogens (tertiary/aromatic N) is 2. The van der Waals surface area contributed by atoms with E-state index in [4.69, 9.17) is 16.7 Å². The minimum Gasteiger partial charge on any atom is -0.478 e. The van der Waals surface area contributed by atoms with Crippen molar-refractivity contribution in [2.24, 2.45) is 0 Å². The quantitative estimate of drug-likeness (QED) is 0.825. The first-order valence-electron chi connectivity index (χ1n) is 8.29. The van der Waals surface area contributed by atoms with Gasteiger partial charge in [-0.3, -0.25) is 9.69 Å². The molecule has 140 valence electrons. The van der Waals surface area contributed by atoms with Gasteiger partial charge in [-0.25, -0.2) is 9.59 Å². The van der Waals surface area contributed by atoms with Crippen molar-refractivity contribution in [3.8, 4) is 0 Å². The third-order valence-electron chi connectivity index (χ3n) is 4.31. The van der Waals surface area contributed by atoms with Crippen LogP contribution in [0.15, 0.2) is 42.5 Å². The molecule has 0 aliphatic carbocycles. The lowest BCUT2D eigenvalue weighted by Gasteiger charge is -2.20. The summed E-state index contributed by atoms with van der Waals surface area (Å²) < 4.78 is 0. The van der Waals surface area contributed by atoms with E-state index in [2.05, 4.69) is 5.32 Å². The summed E-state index contributed by atoms with van der Waals surface area (Å²) in [7, 11) is 1.66. The second kappa shape index (κ2) is 7.67. The van der Waals surface area contributed by atoms with Crippen LogP contribution in [0, 0.1) is 0 Å². The van der Waals surface area contributed by atoms with Crippen LogP contribution in [0.2, 0.25) is 5.02 Å². The van der Waals surface area contributed by atoms with Gasteiger partial charge in [-0.1, -0.05) is 23.7 Å². The van der Waals surface area contributed by atoms with Crippen molar-refractivity contribution in [2.75, 3.05) is 25.0 Å². The SMILES string of the molecule is CN(Cc1ccc(C(=O)O)cc1)C(=O)c1ccc(Cl)c(N2CCNC2=O)c1. The van der Waals surface area contributed by atoms with Gasteiger partial charge in [0, 0.05) is 32.2 Å². The van der Waals surface area contributed by atoms with Crippen molar-refractivity contribution in [1.29, 1.82) is 0 Å². The number of urea groups is 1. The molecule has 3 rings (SSSR count). The Labute approximate surface area is 161 Å². The highest BCUT2D eigenvalue weighted by molar-refractivity contribution is 6.34. The van der Waals surface area contributed by atoms with Gasteiger partial charge in [0.15, 0.2) is 0 Å². The van der Waals surface area contributed by atoms with Gasteiger partial charge in [-0.15, -0.1) is 0 Å². The number of rotatable bonds is 5. The van der Waals surface area contributed by atoms with Crippen molar-refractivity contribution in [2.45, 2.75) is 6.54 Å². The van der Waals surface area contributed by atoms with Crippen molar-refractivity contribution in [1.82, 2.24) is 10.2 Å². The number of carboxylic acid groups (broad SMARTS) is 1. The fraction of sp³-hybridized carbons (Fsp3) is 0.211. The minimum atomic E-state index is -0.995. The number of anilines is 1. The molecule has 27 heavy (non-hydrogen) atoms. The maximum Gasteiger partial charge on any atom is 0.335 e. The third-order valence-corrected chi connectivity index (χ3v) is 4.63. The standard InChI is InChI=1S/C19H18ClN3O4/c1-22(11-12-2-4-13(5-3-12)18(25)26)17(24)14-6-7-15(20)16(10-14)23-9-8-21-19(23)27/h2-7,10H,8-9,11H2,1H3,(H,21,27)(H,25,26). The van der Waals surface area contributed by atoms with Crippen LogP contribution >= 0.6 is 11.6 Å².